The van der Waals surface area contributed by atoms with Gasteiger partial charge in [-0.25, -0.2) is 0 Å². The number of hydrogen-bond donors (Lipinski definition) is 4. The average molecular weight is 658 g/mol. The summed E-state index contributed by atoms with van der Waals surface area (Å²) in [7, 11) is 0. The second kappa shape index (κ2) is 15.3. The van der Waals surface area contributed by atoms with Crippen LogP contribution in [-0.2, 0) is 38.7 Å². The summed E-state index contributed by atoms with van der Waals surface area (Å²) in [5, 5.41) is 23.5. The monoisotopic (exact) mass is 657 g/mol. The maximum absolute atomic E-state index is 13.6. The topological polar surface area (TPSA) is 193 Å². The molecule has 0 saturated heterocycles. The molecule has 1 aliphatic rings. The van der Waals surface area contributed by atoms with Crippen LogP contribution in [0.15, 0.2) is 65.2 Å². The Balaban J connectivity index is 1.41. The summed E-state index contributed by atoms with van der Waals surface area (Å²) in [6.45, 7) is 5.12. The van der Waals surface area contributed by atoms with Gasteiger partial charge in [-0.2, -0.15) is 15.0 Å². The van der Waals surface area contributed by atoms with E-state index in [0.717, 1.165) is 5.56 Å². The molecule has 0 saturated carbocycles. The van der Waals surface area contributed by atoms with Crippen molar-refractivity contribution in [3.05, 3.63) is 77.7 Å². The molecule has 5 rings (SSSR count). The lowest BCUT2D eigenvalue weighted by Crippen LogP contribution is -2.57. The molecule has 4 N–H and O–H groups in total. The summed E-state index contributed by atoms with van der Waals surface area (Å²) < 4.78 is 5.39. The smallest absolute Gasteiger partial charge is 0.274 e. The first-order chi connectivity index (χ1) is 23.0. The third-order valence-corrected chi connectivity index (χ3v) is 7.77. The van der Waals surface area contributed by atoms with E-state index in [1.807, 2.05) is 56.3 Å². The van der Waals surface area contributed by atoms with Gasteiger partial charge < -0.3 is 30.7 Å². The Morgan fingerprint density at radius 3 is 2.25 bits per heavy atom. The Bertz CT molecular complexity index is 1740. The highest BCUT2D eigenvalue weighted by Gasteiger charge is 2.30. The number of rotatable bonds is 6. The van der Waals surface area contributed by atoms with Crippen molar-refractivity contribution in [3.8, 4) is 0 Å². The number of nitrogens with one attached hydrogen (secondary N) is 4. The lowest BCUT2D eigenvalue weighted by molar-refractivity contribution is -0.134. The Hall–Kier alpha value is -5.60. The molecular formula is C33H39N9O6. The highest BCUT2D eigenvalue weighted by Crippen LogP contribution is 2.12. The predicted octanol–water partition coefficient (Wildman–Crippen LogP) is 0.955. The third kappa shape index (κ3) is 8.80. The van der Waals surface area contributed by atoms with E-state index in [-0.39, 0.29) is 55.9 Å². The standard InChI is InChI=1S/C33H39N9O6/c1-20(2)15-26-32(46)37-27(16-22-9-5-4-6-10-22)31(45)34-13-14-41(29(43)19-42-38-24-11-7-8-12-25(24)39-42)18-23-17-28(40-48-23)33(47)35-21(3)30(44)36-26/h4-12,17,20-21,26-27H,13-16,18-19H2,1-3H3,(H,34,45)(H,35,47)(H,36,44)(H,37,46)/t21-,26-,27-/m1/s1. The van der Waals surface area contributed by atoms with E-state index in [4.69, 9.17) is 4.52 Å². The second-order valence-corrected chi connectivity index (χ2v) is 12.1. The van der Waals surface area contributed by atoms with Crippen LogP contribution >= 0.6 is 0 Å². The molecule has 5 amide bonds. The first-order valence-electron chi connectivity index (χ1n) is 15.8. The molecule has 0 aliphatic carbocycles. The van der Waals surface area contributed by atoms with Crippen molar-refractivity contribution in [2.75, 3.05) is 13.1 Å². The van der Waals surface area contributed by atoms with E-state index in [2.05, 4.69) is 36.6 Å². The highest BCUT2D eigenvalue weighted by atomic mass is 16.5. The van der Waals surface area contributed by atoms with E-state index < -0.39 is 41.8 Å². The molecule has 0 spiro atoms. The van der Waals surface area contributed by atoms with Crippen LogP contribution in [0.2, 0.25) is 0 Å². The summed E-state index contributed by atoms with van der Waals surface area (Å²) >= 11 is 0. The number of benzene rings is 2. The van der Waals surface area contributed by atoms with Crippen molar-refractivity contribution >= 4 is 40.6 Å². The fraction of sp³-hybridized carbons (Fsp3) is 0.394. The molecule has 0 unspecified atom stereocenters. The van der Waals surface area contributed by atoms with Crippen LogP contribution in [-0.4, -0.2) is 85.8 Å². The van der Waals surface area contributed by atoms with Crippen molar-refractivity contribution in [1.82, 2.24) is 46.3 Å². The van der Waals surface area contributed by atoms with Gasteiger partial charge in [0, 0.05) is 25.6 Å². The second-order valence-electron chi connectivity index (χ2n) is 12.1. The summed E-state index contributed by atoms with van der Waals surface area (Å²) in [4.78, 5) is 69.5. The minimum Gasteiger partial charge on any atom is -0.359 e. The molecule has 3 heterocycles. The average Bonchev–Trinajstić information content (AvgIpc) is 3.70. The Morgan fingerprint density at radius 2 is 1.56 bits per heavy atom. The number of aromatic nitrogens is 4. The quantitative estimate of drug-likeness (QED) is 0.234. The minimum absolute atomic E-state index is 0.0256. The third-order valence-electron chi connectivity index (χ3n) is 7.77. The van der Waals surface area contributed by atoms with Gasteiger partial charge >= 0.3 is 0 Å². The first kappa shape index (κ1) is 33.8. The molecule has 2 aromatic heterocycles. The molecule has 3 atom stereocenters. The van der Waals surface area contributed by atoms with Gasteiger partial charge in [0.1, 0.15) is 35.7 Å². The van der Waals surface area contributed by atoms with Crippen LogP contribution in [0.5, 0.6) is 0 Å². The van der Waals surface area contributed by atoms with Gasteiger partial charge in [0.25, 0.3) is 5.91 Å². The van der Waals surface area contributed by atoms with E-state index >= 15 is 0 Å². The Kier molecular flexibility index (Phi) is 10.8. The van der Waals surface area contributed by atoms with Gasteiger partial charge in [0.2, 0.25) is 23.6 Å². The van der Waals surface area contributed by atoms with E-state index in [1.54, 1.807) is 12.1 Å². The van der Waals surface area contributed by atoms with Gasteiger partial charge in [-0.05, 0) is 37.0 Å². The summed E-state index contributed by atoms with van der Waals surface area (Å²) in [6, 6.07) is 14.8. The normalized spacial score (nSPS) is 20.0. The predicted molar refractivity (Wildman–Crippen MR) is 173 cm³/mol. The number of carbonyl (C=O) groups is 5. The maximum Gasteiger partial charge on any atom is 0.274 e. The summed E-state index contributed by atoms with van der Waals surface area (Å²) in [6.07, 6.45) is 0.484. The molecule has 4 aromatic rings. The van der Waals surface area contributed by atoms with Gasteiger partial charge in [0.05, 0.1) is 6.54 Å². The van der Waals surface area contributed by atoms with Crippen molar-refractivity contribution in [3.63, 3.8) is 0 Å². The Morgan fingerprint density at radius 1 is 0.896 bits per heavy atom. The van der Waals surface area contributed by atoms with Crippen LogP contribution in [0.4, 0.5) is 0 Å². The first-order valence-corrected chi connectivity index (χ1v) is 15.8. The molecule has 0 radical (unpaired) electrons. The molecule has 2 bridgehead atoms. The number of nitrogens with zero attached hydrogens (tertiary/aromatic N) is 5. The highest BCUT2D eigenvalue weighted by molar-refractivity contribution is 5.97. The van der Waals surface area contributed by atoms with Crippen molar-refractivity contribution in [2.24, 2.45) is 5.92 Å². The molecule has 15 heteroatoms. The largest absolute Gasteiger partial charge is 0.359 e. The van der Waals surface area contributed by atoms with Gasteiger partial charge in [-0.3, -0.25) is 24.0 Å². The van der Waals surface area contributed by atoms with Crippen LogP contribution < -0.4 is 21.3 Å². The van der Waals surface area contributed by atoms with E-state index in [1.165, 1.54) is 22.7 Å². The van der Waals surface area contributed by atoms with Gasteiger partial charge in [0.15, 0.2) is 11.5 Å². The zero-order valence-corrected chi connectivity index (χ0v) is 27.0. The van der Waals surface area contributed by atoms with Crippen molar-refractivity contribution in [2.45, 2.75) is 64.8 Å². The van der Waals surface area contributed by atoms with Crippen LogP contribution in [0.3, 0.4) is 0 Å². The molecule has 0 fully saturated rings. The lowest BCUT2D eigenvalue weighted by atomic mass is 10.0. The fourth-order valence-corrected chi connectivity index (χ4v) is 5.28. The summed E-state index contributed by atoms with van der Waals surface area (Å²) in [5.41, 5.74) is 1.99. The summed E-state index contributed by atoms with van der Waals surface area (Å²) in [5.74, 6) is -2.39. The number of hydrogen-bond acceptors (Lipinski definition) is 9. The molecule has 1 aliphatic heterocycles. The van der Waals surface area contributed by atoms with Gasteiger partial charge in [-0.15, -0.1) is 0 Å². The van der Waals surface area contributed by atoms with Crippen LogP contribution in [0, 0.1) is 5.92 Å². The van der Waals surface area contributed by atoms with Crippen LogP contribution in [0.25, 0.3) is 11.0 Å². The van der Waals surface area contributed by atoms with Crippen molar-refractivity contribution < 1.29 is 28.5 Å². The molecular weight excluding hydrogens is 618 g/mol. The number of amides is 5. The minimum atomic E-state index is -1.03. The zero-order valence-electron chi connectivity index (χ0n) is 27.0. The number of carbonyl (C=O) groups excluding carboxylic acids is 5. The molecule has 252 valence electrons. The fourth-order valence-electron chi connectivity index (χ4n) is 5.28. The molecule has 2 aromatic carbocycles. The van der Waals surface area contributed by atoms with E-state index in [0.29, 0.717) is 17.5 Å². The lowest BCUT2D eigenvalue weighted by Gasteiger charge is -2.26. The van der Waals surface area contributed by atoms with Gasteiger partial charge in [-0.1, -0.05) is 61.5 Å². The van der Waals surface area contributed by atoms with Crippen LogP contribution in [0.1, 0.15) is 49.0 Å². The SMILES string of the molecule is CC(C)C[C@H]1NC(=O)[C@@H](C)NC(=O)c2cc(on2)CN(C(=O)Cn2nc3ccccc3n2)CCNC(=O)[C@@H](Cc2ccccc2)NC1=O. The number of fused-ring (bicyclic) bond motifs is 3. The van der Waals surface area contributed by atoms with E-state index in [9.17, 15) is 24.0 Å². The molecule has 48 heavy (non-hydrogen) atoms. The Labute approximate surface area is 276 Å². The maximum atomic E-state index is 13.6. The molecule has 15 nitrogen and oxygen atoms in total. The zero-order chi connectivity index (χ0) is 34.2. The van der Waals surface area contributed by atoms with Crippen molar-refractivity contribution in [1.29, 1.82) is 0 Å².